The van der Waals surface area contributed by atoms with Crippen molar-refractivity contribution in [2.45, 2.75) is 31.0 Å². The van der Waals surface area contributed by atoms with E-state index >= 15 is 0 Å². The van der Waals surface area contributed by atoms with Gasteiger partial charge in [0.1, 0.15) is 23.3 Å². The number of rotatable bonds is 10. The Morgan fingerprint density at radius 3 is 2.68 bits per heavy atom. The summed E-state index contributed by atoms with van der Waals surface area (Å²) in [6.45, 7) is 2.07. The van der Waals surface area contributed by atoms with E-state index in [2.05, 4.69) is 79.5 Å². The number of methoxy groups -OCH3 is 1. The van der Waals surface area contributed by atoms with Crippen LogP contribution in [0.2, 0.25) is 0 Å². The topological polar surface area (TPSA) is 106 Å². The van der Waals surface area contributed by atoms with E-state index in [1.807, 2.05) is 19.2 Å². The van der Waals surface area contributed by atoms with Gasteiger partial charge in [0.2, 0.25) is 0 Å². The number of nitrogens with zero attached hydrogens (tertiary/aromatic N) is 1. The van der Waals surface area contributed by atoms with Gasteiger partial charge in [0.25, 0.3) is 5.91 Å². The zero-order valence-electron chi connectivity index (χ0n) is 18.7. The minimum absolute atomic E-state index is 0.125. The average molecular weight is 732 g/mol. The van der Waals surface area contributed by atoms with E-state index in [9.17, 15) is 9.90 Å². The highest BCUT2D eigenvalue weighted by atomic mass is 79.9. The summed E-state index contributed by atoms with van der Waals surface area (Å²) < 4.78 is 13.9. The lowest BCUT2D eigenvalue weighted by atomic mass is 9.87. The van der Waals surface area contributed by atoms with E-state index in [-0.39, 0.29) is 18.0 Å². The molecule has 1 aromatic rings. The van der Waals surface area contributed by atoms with Crippen LogP contribution in [-0.4, -0.2) is 62.3 Å². The largest absolute Gasteiger partial charge is 0.495 e. The molecule has 34 heavy (non-hydrogen) atoms. The first kappa shape index (κ1) is 27.7. The Hall–Kier alpha value is -0.920. The van der Waals surface area contributed by atoms with Crippen LogP contribution < -0.4 is 15.4 Å². The standard InChI is InChI=1S/C22H25Br4N3O5/c1-27-5-3-7-33-18-13(23)8-12(9-14(18)24)4-6-28-21(31)16-11-22(34-29-16)10-15(25)19(32-2)17(26)20(22)30/h8-10,20,27,30H,3-7,11H2,1-2H3,(H,28,31)/p+1/t20-,22+/m0/s1. The fraction of sp³-hybridized carbons (Fsp3) is 0.455. The Bertz CT molecular complexity index is 1010. The summed E-state index contributed by atoms with van der Waals surface area (Å²) in [6, 6.07) is 3.97. The van der Waals surface area contributed by atoms with Crippen molar-refractivity contribution in [2.75, 3.05) is 33.9 Å². The van der Waals surface area contributed by atoms with E-state index in [1.54, 1.807) is 6.08 Å². The normalized spacial score (nSPS) is 21.8. The number of hydrogen-bond acceptors (Lipinski definition) is 6. The number of aliphatic hydroxyl groups excluding tert-OH is 1. The Balaban J connectivity index is 1.54. The smallest absolute Gasteiger partial charge is 0.269 e. The predicted octanol–water partition coefficient (Wildman–Crippen LogP) is 3.25. The highest BCUT2D eigenvalue weighted by Gasteiger charge is 2.50. The first-order valence-corrected chi connectivity index (χ1v) is 13.8. The number of aliphatic hydroxyl groups is 1. The minimum Gasteiger partial charge on any atom is -0.495 e. The molecule has 1 aromatic carbocycles. The van der Waals surface area contributed by atoms with E-state index in [1.165, 1.54) is 7.11 Å². The van der Waals surface area contributed by atoms with Crippen molar-refractivity contribution in [3.8, 4) is 5.75 Å². The van der Waals surface area contributed by atoms with Gasteiger partial charge in [-0.2, -0.15) is 0 Å². The zero-order valence-corrected chi connectivity index (χ0v) is 25.0. The van der Waals surface area contributed by atoms with Gasteiger partial charge < -0.3 is 30.1 Å². The number of benzene rings is 1. The summed E-state index contributed by atoms with van der Waals surface area (Å²) in [5, 5.41) is 19.7. The SMILES string of the molecule is C[NH2+]CCCOc1c(Br)cc(CCNC(=O)C2=NO[C@]3(C=C(Br)C(OC)=C(Br)[C@@H]3O)C2)cc1Br. The average Bonchev–Trinajstić information content (AvgIpc) is 3.22. The Labute approximate surface area is 232 Å². The maximum Gasteiger partial charge on any atom is 0.269 e. The second kappa shape index (κ2) is 12.4. The molecule has 0 aromatic heterocycles. The molecule has 0 bridgehead atoms. The van der Waals surface area contributed by atoms with Crippen molar-refractivity contribution < 1.29 is 29.5 Å². The molecule has 1 spiro atoms. The monoisotopic (exact) mass is 728 g/mol. The number of quaternary nitrogens is 1. The summed E-state index contributed by atoms with van der Waals surface area (Å²) >= 11 is 13.9. The Morgan fingerprint density at radius 2 is 2.03 bits per heavy atom. The van der Waals surface area contributed by atoms with Crippen molar-refractivity contribution in [2.24, 2.45) is 5.16 Å². The van der Waals surface area contributed by atoms with Gasteiger partial charge in [-0.15, -0.1) is 0 Å². The molecule has 1 heterocycles. The van der Waals surface area contributed by atoms with Crippen LogP contribution in [0.1, 0.15) is 18.4 Å². The number of allylic oxidation sites excluding steroid dienone is 1. The molecule has 8 nitrogen and oxygen atoms in total. The molecule has 0 saturated heterocycles. The fourth-order valence-electron chi connectivity index (χ4n) is 3.60. The molecule has 1 aliphatic carbocycles. The molecule has 2 aliphatic rings. The number of hydrogen-bond donors (Lipinski definition) is 3. The molecular formula is C22H26Br4N3O5+. The molecule has 1 amide bonds. The summed E-state index contributed by atoms with van der Waals surface area (Å²) in [6.07, 6.45) is 2.31. The molecule has 2 atom stereocenters. The number of carbonyl (C=O) groups excluding carboxylic acids is 1. The summed E-state index contributed by atoms with van der Waals surface area (Å²) in [7, 11) is 3.54. The summed E-state index contributed by atoms with van der Waals surface area (Å²) in [4.78, 5) is 18.2. The Morgan fingerprint density at radius 1 is 1.32 bits per heavy atom. The van der Waals surface area contributed by atoms with Crippen LogP contribution in [-0.2, 0) is 20.8 Å². The minimum atomic E-state index is -1.17. The van der Waals surface area contributed by atoms with Gasteiger partial charge in [-0.25, -0.2) is 0 Å². The second-order valence-electron chi connectivity index (χ2n) is 7.83. The van der Waals surface area contributed by atoms with Gasteiger partial charge >= 0.3 is 0 Å². The third-order valence-corrected chi connectivity index (χ3v) is 7.95. The third-order valence-electron chi connectivity index (χ3n) is 5.38. The van der Waals surface area contributed by atoms with Crippen molar-refractivity contribution in [1.82, 2.24) is 5.32 Å². The van der Waals surface area contributed by atoms with E-state index < -0.39 is 11.7 Å². The second-order valence-corrected chi connectivity index (χ2v) is 11.2. The van der Waals surface area contributed by atoms with Crippen LogP contribution in [0.15, 0.2) is 47.0 Å². The van der Waals surface area contributed by atoms with Gasteiger partial charge in [0.15, 0.2) is 5.60 Å². The molecule has 186 valence electrons. The van der Waals surface area contributed by atoms with Crippen molar-refractivity contribution in [3.05, 3.63) is 47.4 Å². The van der Waals surface area contributed by atoms with Gasteiger partial charge in [0, 0.05) is 19.4 Å². The number of oxime groups is 1. The van der Waals surface area contributed by atoms with Crippen LogP contribution >= 0.6 is 63.7 Å². The number of ether oxygens (including phenoxy) is 2. The van der Waals surface area contributed by atoms with Gasteiger partial charge in [-0.3, -0.25) is 4.79 Å². The predicted molar refractivity (Wildman–Crippen MR) is 143 cm³/mol. The van der Waals surface area contributed by atoms with Crippen LogP contribution in [0.4, 0.5) is 0 Å². The lowest BCUT2D eigenvalue weighted by molar-refractivity contribution is -0.627. The molecule has 4 N–H and O–H groups in total. The first-order valence-electron chi connectivity index (χ1n) is 10.6. The number of nitrogens with two attached hydrogens (primary N) is 1. The first-order chi connectivity index (χ1) is 16.2. The van der Waals surface area contributed by atoms with Crippen LogP contribution in [0, 0.1) is 0 Å². The molecule has 0 unspecified atom stereocenters. The van der Waals surface area contributed by atoms with Gasteiger partial charge in [-0.1, -0.05) is 5.16 Å². The van der Waals surface area contributed by atoms with E-state index in [4.69, 9.17) is 14.3 Å². The van der Waals surface area contributed by atoms with Crippen molar-refractivity contribution in [3.63, 3.8) is 0 Å². The number of nitrogens with one attached hydrogen (secondary N) is 1. The highest BCUT2D eigenvalue weighted by molar-refractivity contribution is 9.12. The molecule has 3 rings (SSSR count). The van der Waals surface area contributed by atoms with Crippen LogP contribution in [0.5, 0.6) is 5.75 Å². The number of carbonyl (C=O) groups is 1. The number of halogens is 4. The van der Waals surface area contributed by atoms with E-state index in [0.29, 0.717) is 34.3 Å². The number of amides is 1. The molecule has 12 heteroatoms. The van der Waals surface area contributed by atoms with Crippen LogP contribution in [0.25, 0.3) is 0 Å². The molecule has 0 saturated carbocycles. The quantitative estimate of drug-likeness (QED) is 0.321. The highest BCUT2D eigenvalue weighted by Crippen LogP contribution is 2.44. The lowest BCUT2D eigenvalue weighted by Gasteiger charge is -2.33. The maximum absolute atomic E-state index is 12.7. The molecule has 0 fully saturated rings. The lowest BCUT2D eigenvalue weighted by Crippen LogP contribution is -2.79. The zero-order chi connectivity index (χ0) is 24.9. The van der Waals surface area contributed by atoms with E-state index in [0.717, 1.165) is 33.2 Å². The fourth-order valence-corrected chi connectivity index (χ4v) is 6.90. The summed E-state index contributed by atoms with van der Waals surface area (Å²) in [5.74, 6) is 0.902. The van der Waals surface area contributed by atoms with Crippen molar-refractivity contribution >= 4 is 75.3 Å². The van der Waals surface area contributed by atoms with Crippen molar-refractivity contribution in [1.29, 1.82) is 0 Å². The summed E-state index contributed by atoms with van der Waals surface area (Å²) in [5.41, 5.74) is 0.0740. The third kappa shape index (κ3) is 6.25. The van der Waals surface area contributed by atoms with Crippen LogP contribution in [0.3, 0.4) is 0 Å². The molecule has 1 aliphatic heterocycles. The molecule has 0 radical (unpaired) electrons. The molecular weight excluding hydrogens is 706 g/mol. The maximum atomic E-state index is 12.7. The van der Waals surface area contributed by atoms with Gasteiger partial charge in [0.05, 0.1) is 45.2 Å². The Kier molecular flexibility index (Phi) is 10.1. The van der Waals surface area contributed by atoms with Gasteiger partial charge in [-0.05, 0) is 93.9 Å².